The molecule has 0 atom stereocenters. The number of benzene rings is 2. The van der Waals surface area contributed by atoms with E-state index in [2.05, 4.69) is 38.1 Å². The molecule has 2 aromatic carbocycles. The Bertz CT molecular complexity index is 511. The summed E-state index contributed by atoms with van der Waals surface area (Å²) in [5, 5.41) is 0. The Morgan fingerprint density at radius 2 is 1.58 bits per heavy atom. The van der Waals surface area contributed by atoms with E-state index in [9.17, 15) is 0 Å². The van der Waals surface area contributed by atoms with E-state index < -0.39 is 0 Å². The lowest BCUT2D eigenvalue weighted by molar-refractivity contribution is 0.475. The smallest absolute Gasteiger partial charge is 0.133 e. The molecule has 0 bridgehead atoms. The van der Waals surface area contributed by atoms with Crippen molar-refractivity contribution in [2.45, 2.75) is 26.7 Å². The van der Waals surface area contributed by atoms with Gasteiger partial charge in [0, 0.05) is 0 Å². The molecule has 0 aliphatic rings. The molecule has 0 saturated carbocycles. The average Bonchev–Trinajstić information content (AvgIpc) is 2.42. The molecule has 2 nitrogen and oxygen atoms in total. The van der Waals surface area contributed by atoms with E-state index >= 15 is 0 Å². The average molecular weight is 255 g/mol. The van der Waals surface area contributed by atoms with E-state index in [4.69, 9.17) is 10.5 Å². The molecule has 0 spiro atoms. The summed E-state index contributed by atoms with van der Waals surface area (Å²) in [4.78, 5) is 0. The van der Waals surface area contributed by atoms with Gasteiger partial charge >= 0.3 is 0 Å². The molecule has 0 heterocycles. The molecule has 0 aliphatic carbocycles. The maximum absolute atomic E-state index is 5.97. The van der Waals surface area contributed by atoms with Gasteiger partial charge < -0.3 is 10.5 Å². The van der Waals surface area contributed by atoms with Crippen molar-refractivity contribution in [3.05, 3.63) is 59.2 Å². The highest BCUT2D eigenvalue weighted by molar-refractivity contribution is 5.43. The first kappa shape index (κ1) is 13.6. The Balaban J connectivity index is 2.11. The zero-order chi connectivity index (χ0) is 13.7. The van der Waals surface area contributed by atoms with E-state index in [1.54, 1.807) is 0 Å². The fraction of sp³-hybridized carbons (Fsp3) is 0.294. The summed E-state index contributed by atoms with van der Waals surface area (Å²) in [6.07, 6.45) is 2.05. The van der Waals surface area contributed by atoms with Gasteiger partial charge in [-0.1, -0.05) is 30.3 Å². The molecular formula is C17H21NO. The van der Waals surface area contributed by atoms with Crippen LogP contribution in [0.1, 0.15) is 23.1 Å². The summed E-state index contributed by atoms with van der Waals surface area (Å²) in [7, 11) is 0. The van der Waals surface area contributed by atoms with Crippen LogP contribution >= 0.6 is 0 Å². The number of aryl methyl sites for hydroxylation is 3. The van der Waals surface area contributed by atoms with Gasteiger partial charge in [-0.3, -0.25) is 0 Å². The van der Waals surface area contributed by atoms with Gasteiger partial charge in [0.25, 0.3) is 0 Å². The Morgan fingerprint density at radius 1 is 0.947 bits per heavy atom. The quantitative estimate of drug-likeness (QED) is 0.876. The number of rotatable bonds is 5. The fourth-order valence-corrected chi connectivity index (χ4v) is 2.11. The Kier molecular flexibility index (Phi) is 4.58. The SMILES string of the molecule is Cc1cccc(C)c1Oc1ccc(CCCN)cc1. The Morgan fingerprint density at radius 3 is 2.16 bits per heavy atom. The first-order chi connectivity index (χ1) is 9.20. The molecule has 100 valence electrons. The minimum Gasteiger partial charge on any atom is -0.457 e. The Labute approximate surface area is 115 Å². The number of nitrogens with two attached hydrogens (primary N) is 1. The fourth-order valence-electron chi connectivity index (χ4n) is 2.11. The van der Waals surface area contributed by atoms with Crippen molar-refractivity contribution in [3.8, 4) is 11.5 Å². The summed E-state index contributed by atoms with van der Waals surface area (Å²) in [6.45, 7) is 4.87. The molecule has 2 rings (SSSR count). The van der Waals surface area contributed by atoms with Crippen LogP contribution in [0.3, 0.4) is 0 Å². The van der Waals surface area contributed by atoms with E-state index in [1.807, 2.05) is 18.2 Å². The first-order valence-electron chi connectivity index (χ1n) is 6.74. The van der Waals surface area contributed by atoms with Gasteiger partial charge in [-0.2, -0.15) is 0 Å². The van der Waals surface area contributed by atoms with Gasteiger partial charge in [0.2, 0.25) is 0 Å². The predicted molar refractivity (Wildman–Crippen MR) is 79.8 cm³/mol. The molecule has 0 unspecified atom stereocenters. The zero-order valence-corrected chi connectivity index (χ0v) is 11.6. The van der Waals surface area contributed by atoms with Gasteiger partial charge in [0.05, 0.1) is 0 Å². The van der Waals surface area contributed by atoms with E-state index in [0.29, 0.717) is 0 Å². The van der Waals surface area contributed by atoms with Gasteiger partial charge in [-0.25, -0.2) is 0 Å². The minimum absolute atomic E-state index is 0.737. The van der Waals surface area contributed by atoms with E-state index in [1.165, 1.54) is 5.56 Å². The summed E-state index contributed by atoms with van der Waals surface area (Å²) in [6, 6.07) is 14.5. The van der Waals surface area contributed by atoms with Crippen molar-refractivity contribution in [2.75, 3.05) is 6.54 Å². The molecule has 0 radical (unpaired) electrons. The molecular weight excluding hydrogens is 234 g/mol. The molecule has 0 amide bonds. The Hall–Kier alpha value is -1.80. The van der Waals surface area contributed by atoms with Crippen molar-refractivity contribution < 1.29 is 4.74 Å². The third kappa shape index (κ3) is 3.58. The zero-order valence-electron chi connectivity index (χ0n) is 11.6. The maximum atomic E-state index is 5.97. The van der Waals surface area contributed by atoms with Gasteiger partial charge in [0.15, 0.2) is 0 Å². The van der Waals surface area contributed by atoms with Crippen LogP contribution < -0.4 is 10.5 Å². The monoisotopic (exact) mass is 255 g/mol. The van der Waals surface area contributed by atoms with Crippen molar-refractivity contribution in [2.24, 2.45) is 5.73 Å². The molecule has 19 heavy (non-hydrogen) atoms. The predicted octanol–water partition coefficient (Wildman–Crippen LogP) is 3.99. The number of ether oxygens (including phenoxy) is 1. The van der Waals surface area contributed by atoms with Crippen LogP contribution in [0.25, 0.3) is 0 Å². The van der Waals surface area contributed by atoms with Crippen molar-refractivity contribution in [1.82, 2.24) is 0 Å². The lowest BCUT2D eigenvalue weighted by Crippen LogP contribution is -2.00. The van der Waals surface area contributed by atoms with Gasteiger partial charge in [-0.05, 0) is 62.1 Å². The highest BCUT2D eigenvalue weighted by Crippen LogP contribution is 2.28. The van der Waals surface area contributed by atoms with Gasteiger partial charge in [0.1, 0.15) is 11.5 Å². The molecule has 2 aromatic rings. The lowest BCUT2D eigenvalue weighted by atomic mass is 10.1. The second-order valence-electron chi connectivity index (χ2n) is 4.86. The lowest BCUT2D eigenvalue weighted by Gasteiger charge is -2.12. The van der Waals surface area contributed by atoms with Crippen LogP contribution in [0.2, 0.25) is 0 Å². The minimum atomic E-state index is 0.737. The molecule has 2 heteroatoms. The van der Waals surface area contributed by atoms with Crippen LogP contribution in [0.5, 0.6) is 11.5 Å². The van der Waals surface area contributed by atoms with Crippen LogP contribution in [0, 0.1) is 13.8 Å². The van der Waals surface area contributed by atoms with Crippen molar-refractivity contribution >= 4 is 0 Å². The summed E-state index contributed by atoms with van der Waals surface area (Å²) in [5.41, 5.74) is 9.14. The van der Waals surface area contributed by atoms with Crippen LogP contribution in [0.15, 0.2) is 42.5 Å². The molecule has 0 aromatic heterocycles. The van der Waals surface area contributed by atoms with Crippen molar-refractivity contribution in [1.29, 1.82) is 0 Å². The van der Waals surface area contributed by atoms with Crippen LogP contribution in [-0.4, -0.2) is 6.54 Å². The normalized spacial score (nSPS) is 10.5. The van der Waals surface area contributed by atoms with Crippen molar-refractivity contribution in [3.63, 3.8) is 0 Å². The summed E-state index contributed by atoms with van der Waals surface area (Å²) < 4.78 is 5.97. The van der Waals surface area contributed by atoms with Crippen LogP contribution in [0.4, 0.5) is 0 Å². The van der Waals surface area contributed by atoms with E-state index in [0.717, 1.165) is 42.0 Å². The topological polar surface area (TPSA) is 35.2 Å². The highest BCUT2D eigenvalue weighted by Gasteiger charge is 2.04. The van der Waals surface area contributed by atoms with E-state index in [-0.39, 0.29) is 0 Å². The second kappa shape index (κ2) is 6.39. The van der Waals surface area contributed by atoms with Gasteiger partial charge in [-0.15, -0.1) is 0 Å². The second-order valence-corrected chi connectivity index (χ2v) is 4.86. The standard InChI is InChI=1S/C17H21NO/c1-13-5-3-6-14(2)17(13)19-16-10-8-15(9-11-16)7-4-12-18/h3,5-6,8-11H,4,7,12,18H2,1-2H3. The molecule has 0 fully saturated rings. The van der Waals surface area contributed by atoms with Crippen LogP contribution in [-0.2, 0) is 6.42 Å². The summed E-state index contributed by atoms with van der Waals surface area (Å²) in [5.74, 6) is 1.84. The number of para-hydroxylation sites is 1. The third-order valence-corrected chi connectivity index (χ3v) is 3.22. The third-order valence-electron chi connectivity index (χ3n) is 3.22. The first-order valence-corrected chi connectivity index (χ1v) is 6.74. The molecule has 0 saturated heterocycles. The molecule has 2 N–H and O–H groups in total. The highest BCUT2D eigenvalue weighted by atomic mass is 16.5. The number of hydrogen-bond donors (Lipinski definition) is 1. The number of hydrogen-bond acceptors (Lipinski definition) is 2. The maximum Gasteiger partial charge on any atom is 0.133 e. The summed E-state index contributed by atoms with van der Waals surface area (Å²) >= 11 is 0. The largest absolute Gasteiger partial charge is 0.457 e. The molecule has 0 aliphatic heterocycles.